The molecule has 0 saturated heterocycles. The Labute approximate surface area is 132 Å². The van der Waals surface area contributed by atoms with Crippen LogP contribution in [0.2, 0.25) is 10.0 Å². The molecule has 0 aliphatic rings. The first-order valence-corrected chi connectivity index (χ1v) is 6.88. The number of carbonyl (C=O) groups is 1. The molecule has 21 heavy (non-hydrogen) atoms. The normalized spacial score (nSPS) is 10.8. The summed E-state index contributed by atoms with van der Waals surface area (Å²) in [5.74, 6) is -0.496. The predicted octanol–water partition coefficient (Wildman–Crippen LogP) is 4.67. The highest BCUT2D eigenvalue weighted by Crippen LogP contribution is 2.26. The maximum Gasteiger partial charge on any atom is 0.328 e. The quantitative estimate of drug-likeness (QED) is 0.813. The fourth-order valence-corrected chi connectivity index (χ4v) is 2.08. The molecule has 0 amide bonds. The van der Waals surface area contributed by atoms with Crippen LogP contribution in [0.5, 0.6) is 5.75 Å². The Hall–Kier alpha value is -1.97. The van der Waals surface area contributed by atoms with E-state index in [1.54, 1.807) is 24.3 Å². The second kappa shape index (κ2) is 7.16. The van der Waals surface area contributed by atoms with Crippen LogP contribution in [-0.2, 0) is 11.4 Å². The number of rotatable bonds is 5. The van der Waals surface area contributed by atoms with Crippen molar-refractivity contribution in [3.05, 3.63) is 69.7 Å². The molecule has 0 aliphatic heterocycles. The van der Waals surface area contributed by atoms with Gasteiger partial charge in [-0.3, -0.25) is 0 Å². The first kappa shape index (κ1) is 15.4. The molecule has 0 fully saturated rings. The van der Waals surface area contributed by atoms with Crippen LogP contribution < -0.4 is 4.74 Å². The van der Waals surface area contributed by atoms with Gasteiger partial charge in [-0.2, -0.15) is 0 Å². The fraction of sp³-hybridized carbons (Fsp3) is 0.0625. The Morgan fingerprint density at radius 3 is 2.67 bits per heavy atom. The van der Waals surface area contributed by atoms with Gasteiger partial charge in [-0.15, -0.1) is 0 Å². The number of ether oxygens (including phenoxy) is 1. The Balaban J connectivity index is 2.20. The van der Waals surface area contributed by atoms with Gasteiger partial charge >= 0.3 is 5.97 Å². The molecule has 2 aromatic carbocycles. The number of hydrogen-bond donors (Lipinski definition) is 1. The molecule has 108 valence electrons. The van der Waals surface area contributed by atoms with Crippen molar-refractivity contribution < 1.29 is 14.6 Å². The van der Waals surface area contributed by atoms with Crippen molar-refractivity contribution in [2.24, 2.45) is 0 Å². The lowest BCUT2D eigenvalue weighted by molar-refractivity contribution is -0.131. The van der Waals surface area contributed by atoms with E-state index < -0.39 is 5.97 Å². The van der Waals surface area contributed by atoms with Gasteiger partial charge in [-0.1, -0.05) is 41.4 Å². The van der Waals surface area contributed by atoms with E-state index in [9.17, 15) is 4.79 Å². The summed E-state index contributed by atoms with van der Waals surface area (Å²) in [6.07, 6.45) is 2.48. The summed E-state index contributed by atoms with van der Waals surface area (Å²) in [6, 6.07) is 12.4. The van der Waals surface area contributed by atoms with Gasteiger partial charge in [0.05, 0.1) is 0 Å². The van der Waals surface area contributed by atoms with Crippen LogP contribution in [0, 0.1) is 0 Å². The maximum absolute atomic E-state index is 10.6. The third kappa shape index (κ3) is 4.52. The summed E-state index contributed by atoms with van der Waals surface area (Å²) in [6.45, 7) is 0.287. The number of hydrogen-bond acceptors (Lipinski definition) is 2. The summed E-state index contributed by atoms with van der Waals surface area (Å²) in [5.41, 5.74) is 1.44. The molecule has 0 atom stereocenters. The van der Waals surface area contributed by atoms with Gasteiger partial charge in [-0.25, -0.2) is 4.79 Å². The van der Waals surface area contributed by atoms with Crippen LogP contribution in [0.15, 0.2) is 48.5 Å². The highest BCUT2D eigenvalue weighted by atomic mass is 35.5. The fourth-order valence-electron chi connectivity index (χ4n) is 1.71. The smallest absolute Gasteiger partial charge is 0.328 e. The molecule has 2 aromatic rings. The molecule has 3 nitrogen and oxygen atoms in total. The van der Waals surface area contributed by atoms with Gasteiger partial charge in [0.1, 0.15) is 12.4 Å². The zero-order valence-corrected chi connectivity index (χ0v) is 12.4. The molecular weight excluding hydrogens is 311 g/mol. The highest BCUT2D eigenvalue weighted by Gasteiger charge is 2.05. The Morgan fingerprint density at radius 2 is 1.95 bits per heavy atom. The Morgan fingerprint density at radius 1 is 1.19 bits per heavy atom. The van der Waals surface area contributed by atoms with Gasteiger partial charge in [0.25, 0.3) is 0 Å². The number of halogens is 2. The second-order valence-electron chi connectivity index (χ2n) is 4.23. The first-order valence-electron chi connectivity index (χ1n) is 6.13. The van der Waals surface area contributed by atoms with Crippen molar-refractivity contribution >= 4 is 35.2 Å². The van der Waals surface area contributed by atoms with E-state index in [2.05, 4.69) is 0 Å². The van der Waals surface area contributed by atoms with E-state index in [4.69, 9.17) is 33.0 Å². The SMILES string of the molecule is O=C(O)/C=C/c1cc(Cl)ccc1OCc1ccccc1Cl. The van der Waals surface area contributed by atoms with Crippen molar-refractivity contribution in [2.45, 2.75) is 6.61 Å². The number of aliphatic carboxylic acids is 1. The van der Waals surface area contributed by atoms with Gasteiger partial charge in [0.15, 0.2) is 0 Å². The first-order chi connectivity index (χ1) is 10.1. The third-order valence-electron chi connectivity index (χ3n) is 2.72. The Kier molecular flexibility index (Phi) is 5.26. The molecule has 0 saturated carbocycles. The largest absolute Gasteiger partial charge is 0.488 e. The summed E-state index contributed by atoms with van der Waals surface area (Å²) >= 11 is 12.0. The van der Waals surface area contributed by atoms with Crippen LogP contribution in [0.1, 0.15) is 11.1 Å². The van der Waals surface area contributed by atoms with Crippen LogP contribution in [0.4, 0.5) is 0 Å². The Bertz CT molecular complexity index is 681. The van der Waals surface area contributed by atoms with Gasteiger partial charge in [-0.05, 0) is 30.3 Å². The van der Waals surface area contributed by atoms with Crippen LogP contribution in [-0.4, -0.2) is 11.1 Å². The highest BCUT2D eigenvalue weighted by molar-refractivity contribution is 6.31. The average Bonchev–Trinajstić information content (AvgIpc) is 2.45. The molecule has 0 bridgehead atoms. The molecule has 1 N–H and O–H groups in total. The van der Waals surface area contributed by atoms with Crippen LogP contribution >= 0.6 is 23.2 Å². The maximum atomic E-state index is 10.6. The van der Waals surface area contributed by atoms with Crippen molar-refractivity contribution in [3.63, 3.8) is 0 Å². The molecule has 5 heteroatoms. The number of benzene rings is 2. The molecular formula is C16H12Cl2O3. The van der Waals surface area contributed by atoms with Gasteiger partial charge < -0.3 is 9.84 Å². The molecule has 0 spiro atoms. The molecule has 0 heterocycles. The summed E-state index contributed by atoms with van der Waals surface area (Å²) in [4.78, 5) is 10.6. The van der Waals surface area contributed by atoms with Crippen LogP contribution in [0.25, 0.3) is 6.08 Å². The molecule has 2 rings (SSSR count). The molecule has 0 radical (unpaired) electrons. The van der Waals surface area contributed by atoms with Gasteiger partial charge in [0.2, 0.25) is 0 Å². The molecule has 0 unspecified atom stereocenters. The van der Waals surface area contributed by atoms with E-state index in [1.165, 1.54) is 6.08 Å². The van der Waals surface area contributed by atoms with E-state index in [0.717, 1.165) is 11.6 Å². The number of carboxylic acids is 1. The summed E-state index contributed by atoms with van der Waals surface area (Å²) in [7, 11) is 0. The minimum Gasteiger partial charge on any atom is -0.488 e. The predicted molar refractivity (Wildman–Crippen MR) is 83.9 cm³/mol. The van der Waals surface area contributed by atoms with Crippen LogP contribution in [0.3, 0.4) is 0 Å². The van der Waals surface area contributed by atoms with Crippen molar-refractivity contribution in [3.8, 4) is 5.75 Å². The topological polar surface area (TPSA) is 46.5 Å². The summed E-state index contributed by atoms with van der Waals surface area (Å²) in [5, 5.41) is 9.83. The zero-order chi connectivity index (χ0) is 15.2. The van der Waals surface area contributed by atoms with Crippen molar-refractivity contribution in [2.75, 3.05) is 0 Å². The standard InChI is InChI=1S/C16H12Cl2O3/c17-13-6-7-15(11(9-13)5-8-16(19)20)21-10-12-3-1-2-4-14(12)18/h1-9H,10H2,(H,19,20)/b8-5+. The van der Waals surface area contributed by atoms with E-state index in [1.807, 2.05) is 18.2 Å². The van der Waals surface area contributed by atoms with Crippen molar-refractivity contribution in [1.82, 2.24) is 0 Å². The summed E-state index contributed by atoms with van der Waals surface area (Å²) < 4.78 is 5.70. The third-order valence-corrected chi connectivity index (χ3v) is 3.32. The lowest BCUT2D eigenvalue weighted by Gasteiger charge is -2.10. The number of carboxylic acid groups (broad SMARTS) is 1. The van der Waals surface area contributed by atoms with Crippen molar-refractivity contribution in [1.29, 1.82) is 0 Å². The lowest BCUT2D eigenvalue weighted by Crippen LogP contribution is -1.98. The average molecular weight is 323 g/mol. The monoisotopic (exact) mass is 322 g/mol. The minimum atomic E-state index is -1.04. The molecule has 0 aliphatic carbocycles. The molecule has 0 aromatic heterocycles. The minimum absolute atomic E-state index is 0.287. The van der Waals surface area contributed by atoms with E-state index in [0.29, 0.717) is 21.4 Å². The second-order valence-corrected chi connectivity index (χ2v) is 5.08. The zero-order valence-electron chi connectivity index (χ0n) is 10.9. The lowest BCUT2D eigenvalue weighted by atomic mass is 10.2. The van der Waals surface area contributed by atoms with Gasteiger partial charge in [0, 0.05) is 27.2 Å². The van der Waals surface area contributed by atoms with E-state index in [-0.39, 0.29) is 6.61 Å². The van der Waals surface area contributed by atoms with E-state index >= 15 is 0 Å².